The van der Waals surface area contributed by atoms with Crippen LogP contribution in [0.1, 0.15) is 41.0 Å². The molecule has 0 saturated carbocycles. The lowest BCUT2D eigenvalue weighted by atomic mass is 10.2. The minimum absolute atomic E-state index is 0.0314. The fourth-order valence-electron chi connectivity index (χ4n) is 3.00. The molecular weight excluding hydrogens is 390 g/mol. The summed E-state index contributed by atoms with van der Waals surface area (Å²) in [5, 5.41) is 9.21. The summed E-state index contributed by atoms with van der Waals surface area (Å²) < 4.78 is 29.2. The van der Waals surface area contributed by atoms with Crippen LogP contribution in [0, 0.1) is 25.5 Å². The number of benzene rings is 2. The second-order valence-corrected chi connectivity index (χ2v) is 7.02. The standard InChI is InChI=1S/C22H22F2N4O2/c1-4-20(22(30)26-19-12-14(3)6-8-16(19)24)28-10-9-17(27-28)21(29)25-18-11-13(2)5-7-15(18)23/h5-12,20H,4H2,1-3H3,(H,25,29)(H,26,30)/t20-/m0/s1. The summed E-state index contributed by atoms with van der Waals surface area (Å²) in [6.45, 7) is 5.35. The Hall–Kier alpha value is -3.55. The SMILES string of the molecule is CC[C@@H](C(=O)Nc1cc(C)ccc1F)n1ccc(C(=O)Nc2cc(C)ccc2F)n1. The third-order valence-electron chi connectivity index (χ3n) is 4.60. The largest absolute Gasteiger partial charge is 0.322 e. The van der Waals surface area contributed by atoms with Crippen molar-refractivity contribution < 1.29 is 18.4 Å². The van der Waals surface area contributed by atoms with Crippen LogP contribution in [0.2, 0.25) is 0 Å². The van der Waals surface area contributed by atoms with Gasteiger partial charge in [-0.15, -0.1) is 0 Å². The average molecular weight is 412 g/mol. The monoisotopic (exact) mass is 412 g/mol. The molecule has 156 valence electrons. The smallest absolute Gasteiger partial charge is 0.276 e. The Balaban J connectivity index is 1.75. The molecule has 1 heterocycles. The van der Waals surface area contributed by atoms with Gasteiger partial charge >= 0.3 is 0 Å². The first kappa shape index (κ1) is 21.2. The zero-order valence-electron chi connectivity index (χ0n) is 16.9. The molecule has 3 aromatic rings. The quantitative estimate of drug-likeness (QED) is 0.620. The molecular formula is C22H22F2N4O2. The zero-order valence-corrected chi connectivity index (χ0v) is 16.9. The molecule has 2 N–H and O–H groups in total. The predicted molar refractivity (Wildman–Crippen MR) is 110 cm³/mol. The van der Waals surface area contributed by atoms with Crippen molar-refractivity contribution >= 4 is 23.2 Å². The number of anilines is 2. The van der Waals surface area contributed by atoms with E-state index in [1.54, 1.807) is 32.9 Å². The number of nitrogens with one attached hydrogen (secondary N) is 2. The van der Waals surface area contributed by atoms with E-state index in [4.69, 9.17) is 0 Å². The second kappa shape index (κ2) is 8.86. The Labute approximate surface area is 172 Å². The van der Waals surface area contributed by atoms with Crippen LogP contribution in [0.4, 0.5) is 20.2 Å². The highest BCUT2D eigenvalue weighted by atomic mass is 19.1. The second-order valence-electron chi connectivity index (χ2n) is 7.02. The maximum absolute atomic E-state index is 14.0. The summed E-state index contributed by atoms with van der Waals surface area (Å²) in [5.41, 5.74) is 1.76. The van der Waals surface area contributed by atoms with Crippen molar-refractivity contribution in [1.82, 2.24) is 9.78 Å². The molecule has 0 aliphatic heterocycles. The first-order valence-electron chi connectivity index (χ1n) is 9.48. The normalized spacial score (nSPS) is 11.8. The van der Waals surface area contributed by atoms with Gasteiger partial charge < -0.3 is 10.6 Å². The van der Waals surface area contributed by atoms with Gasteiger partial charge in [-0.25, -0.2) is 8.78 Å². The molecule has 2 amide bonds. The third kappa shape index (κ3) is 4.71. The molecule has 1 atom stereocenters. The molecule has 0 fully saturated rings. The van der Waals surface area contributed by atoms with E-state index < -0.39 is 29.5 Å². The van der Waals surface area contributed by atoms with Crippen LogP contribution in [-0.2, 0) is 4.79 Å². The van der Waals surface area contributed by atoms with Crippen LogP contribution in [-0.4, -0.2) is 21.6 Å². The average Bonchev–Trinajstić information content (AvgIpc) is 3.18. The predicted octanol–water partition coefficient (Wildman–Crippen LogP) is 4.62. The van der Waals surface area contributed by atoms with Crippen molar-refractivity contribution in [2.75, 3.05) is 10.6 Å². The molecule has 1 aromatic heterocycles. The van der Waals surface area contributed by atoms with E-state index in [0.29, 0.717) is 6.42 Å². The van der Waals surface area contributed by atoms with Crippen molar-refractivity contribution in [3.8, 4) is 0 Å². The van der Waals surface area contributed by atoms with Gasteiger partial charge in [0, 0.05) is 6.20 Å². The number of amides is 2. The van der Waals surface area contributed by atoms with Gasteiger partial charge in [0.05, 0.1) is 11.4 Å². The van der Waals surface area contributed by atoms with Crippen molar-refractivity contribution in [2.24, 2.45) is 0 Å². The fourth-order valence-corrected chi connectivity index (χ4v) is 3.00. The minimum Gasteiger partial charge on any atom is -0.322 e. The van der Waals surface area contributed by atoms with Gasteiger partial charge in [-0.2, -0.15) is 5.10 Å². The summed E-state index contributed by atoms with van der Waals surface area (Å²) >= 11 is 0. The minimum atomic E-state index is -0.748. The lowest BCUT2D eigenvalue weighted by Gasteiger charge is -2.16. The molecule has 30 heavy (non-hydrogen) atoms. The number of aryl methyl sites for hydroxylation is 2. The van der Waals surface area contributed by atoms with Crippen molar-refractivity contribution in [2.45, 2.75) is 33.2 Å². The molecule has 0 unspecified atom stereocenters. The lowest BCUT2D eigenvalue weighted by molar-refractivity contribution is -0.119. The Bertz CT molecular complexity index is 1090. The molecule has 0 aliphatic carbocycles. The first-order valence-corrected chi connectivity index (χ1v) is 9.48. The number of aromatic nitrogens is 2. The molecule has 8 heteroatoms. The van der Waals surface area contributed by atoms with Crippen molar-refractivity contribution in [3.05, 3.63) is 77.1 Å². The Morgan fingerprint density at radius 1 is 0.967 bits per heavy atom. The van der Waals surface area contributed by atoms with Crippen LogP contribution < -0.4 is 10.6 Å². The van der Waals surface area contributed by atoms with E-state index in [1.807, 2.05) is 0 Å². The highest BCUT2D eigenvalue weighted by Gasteiger charge is 2.22. The van der Waals surface area contributed by atoms with Gasteiger partial charge in [-0.1, -0.05) is 19.1 Å². The number of rotatable bonds is 6. The number of hydrogen-bond donors (Lipinski definition) is 2. The van der Waals surface area contributed by atoms with E-state index in [9.17, 15) is 18.4 Å². The van der Waals surface area contributed by atoms with Gasteiger partial charge in [0.2, 0.25) is 5.91 Å². The Morgan fingerprint density at radius 2 is 1.53 bits per heavy atom. The topological polar surface area (TPSA) is 76.0 Å². The maximum Gasteiger partial charge on any atom is 0.276 e. The summed E-state index contributed by atoms with van der Waals surface area (Å²) in [4.78, 5) is 25.1. The van der Waals surface area contributed by atoms with Crippen LogP contribution in [0.15, 0.2) is 48.7 Å². The number of halogens is 2. The van der Waals surface area contributed by atoms with Crippen LogP contribution in [0.5, 0.6) is 0 Å². The highest BCUT2D eigenvalue weighted by molar-refractivity contribution is 6.03. The molecule has 3 rings (SSSR count). The first-order chi connectivity index (χ1) is 14.3. The van der Waals surface area contributed by atoms with Crippen molar-refractivity contribution in [3.63, 3.8) is 0 Å². The molecule has 0 radical (unpaired) electrons. The van der Waals surface area contributed by atoms with E-state index >= 15 is 0 Å². The van der Waals surface area contributed by atoms with Gasteiger partial charge in [0.1, 0.15) is 17.7 Å². The zero-order chi connectivity index (χ0) is 21.8. The molecule has 0 saturated heterocycles. The maximum atomic E-state index is 14.0. The fraction of sp³-hybridized carbons (Fsp3) is 0.227. The summed E-state index contributed by atoms with van der Waals surface area (Å²) in [6, 6.07) is 9.51. The number of carbonyl (C=O) groups excluding carboxylic acids is 2. The Morgan fingerprint density at radius 3 is 2.10 bits per heavy atom. The van der Waals surface area contributed by atoms with Gasteiger partial charge in [0.15, 0.2) is 5.69 Å². The number of carbonyl (C=O) groups is 2. The van der Waals surface area contributed by atoms with Gasteiger partial charge in [-0.05, 0) is 61.7 Å². The van der Waals surface area contributed by atoms with E-state index in [-0.39, 0.29) is 17.1 Å². The molecule has 6 nitrogen and oxygen atoms in total. The molecule has 2 aromatic carbocycles. The molecule has 0 spiro atoms. The summed E-state index contributed by atoms with van der Waals surface area (Å²) in [7, 11) is 0. The van der Waals surface area contributed by atoms with E-state index in [1.165, 1.54) is 41.2 Å². The number of nitrogens with zero attached hydrogens (tertiary/aromatic N) is 2. The van der Waals surface area contributed by atoms with Crippen molar-refractivity contribution in [1.29, 1.82) is 0 Å². The highest BCUT2D eigenvalue weighted by Crippen LogP contribution is 2.20. The van der Waals surface area contributed by atoms with Gasteiger partial charge in [0.25, 0.3) is 5.91 Å². The van der Waals surface area contributed by atoms with Crippen LogP contribution >= 0.6 is 0 Å². The third-order valence-corrected chi connectivity index (χ3v) is 4.60. The number of hydrogen-bond acceptors (Lipinski definition) is 3. The van der Waals surface area contributed by atoms with E-state index in [0.717, 1.165) is 11.1 Å². The van der Waals surface area contributed by atoms with E-state index in [2.05, 4.69) is 15.7 Å². The molecule has 0 aliphatic rings. The summed E-state index contributed by atoms with van der Waals surface area (Å²) in [5.74, 6) is -2.15. The Kier molecular flexibility index (Phi) is 6.25. The molecule has 0 bridgehead atoms. The van der Waals surface area contributed by atoms with Gasteiger partial charge in [-0.3, -0.25) is 14.3 Å². The van der Waals surface area contributed by atoms with Crippen LogP contribution in [0.25, 0.3) is 0 Å². The summed E-state index contributed by atoms with van der Waals surface area (Å²) in [6.07, 6.45) is 1.86. The lowest BCUT2D eigenvalue weighted by Crippen LogP contribution is -2.27. The van der Waals surface area contributed by atoms with Crippen LogP contribution in [0.3, 0.4) is 0 Å².